The van der Waals surface area contributed by atoms with Crippen LogP contribution in [0.15, 0.2) is 64.2 Å². The van der Waals surface area contributed by atoms with Gasteiger partial charge in [-0.2, -0.15) is 13.2 Å². The van der Waals surface area contributed by atoms with Gasteiger partial charge >= 0.3 is 11.9 Å². The maximum absolute atomic E-state index is 16.4. The number of methoxy groups -OCH3 is 2. The Labute approximate surface area is 259 Å². The van der Waals surface area contributed by atoms with Crippen LogP contribution < -0.4 is 30.9 Å². The second-order valence-electron chi connectivity index (χ2n) is 10.9. The highest BCUT2D eigenvalue weighted by Gasteiger charge is 2.40. The lowest BCUT2D eigenvalue weighted by Gasteiger charge is -2.27. The van der Waals surface area contributed by atoms with Crippen LogP contribution in [0, 0.1) is 12.7 Å². The van der Waals surface area contributed by atoms with Crippen LogP contribution in [0.25, 0.3) is 22.2 Å². The zero-order chi connectivity index (χ0) is 32.7. The number of rotatable bonds is 8. The van der Waals surface area contributed by atoms with E-state index in [0.717, 1.165) is 11.1 Å². The van der Waals surface area contributed by atoms with Gasteiger partial charge in [-0.1, -0.05) is 24.3 Å². The maximum Gasteiger partial charge on any atom is 0.418 e. The molecular weight excluding hydrogens is 606 g/mol. The van der Waals surface area contributed by atoms with Crippen molar-refractivity contribution >= 4 is 22.4 Å². The van der Waals surface area contributed by atoms with Gasteiger partial charge in [0, 0.05) is 25.2 Å². The number of fused-ring (bicyclic) bond motifs is 3. The lowest BCUT2D eigenvalue weighted by molar-refractivity contribution is -0.137. The molecule has 0 saturated heterocycles. The highest BCUT2D eigenvalue weighted by molar-refractivity contribution is 5.99. The van der Waals surface area contributed by atoms with Gasteiger partial charge in [-0.05, 0) is 65.9 Å². The van der Waals surface area contributed by atoms with E-state index >= 15 is 4.39 Å². The fourth-order valence-corrected chi connectivity index (χ4v) is 5.90. The zero-order valence-electron chi connectivity index (χ0n) is 25.1. The van der Waals surface area contributed by atoms with Crippen molar-refractivity contribution in [1.29, 1.82) is 0 Å². The Morgan fingerprint density at radius 3 is 2.04 bits per heavy atom. The summed E-state index contributed by atoms with van der Waals surface area (Å²) in [5.74, 6) is 0.294. The third-order valence-electron chi connectivity index (χ3n) is 8.02. The number of H-pyrrole nitrogens is 2. The fourth-order valence-electron chi connectivity index (χ4n) is 5.90. The first-order chi connectivity index (χ1) is 22.0. The summed E-state index contributed by atoms with van der Waals surface area (Å²) in [4.78, 5) is 35.5. The molecule has 1 aliphatic heterocycles. The monoisotopic (exact) mass is 635 g/mol. The molecule has 0 saturated carbocycles. The number of pyridine rings is 1. The number of hydrogen-bond donors (Lipinski definition) is 3. The molecule has 3 N–H and O–H groups in total. The number of nitrogens with one attached hydrogen (secondary N) is 3. The van der Waals surface area contributed by atoms with Crippen LogP contribution >= 0.6 is 0 Å². The molecule has 0 spiro atoms. The van der Waals surface area contributed by atoms with Gasteiger partial charge in [0.05, 0.1) is 42.1 Å². The molecule has 6 rings (SSSR count). The van der Waals surface area contributed by atoms with Crippen molar-refractivity contribution in [2.24, 2.45) is 0 Å². The maximum atomic E-state index is 16.4. The van der Waals surface area contributed by atoms with Gasteiger partial charge in [0.1, 0.15) is 17.3 Å². The zero-order valence-corrected chi connectivity index (χ0v) is 25.1. The lowest BCUT2D eigenvalue weighted by Crippen LogP contribution is -2.25. The van der Waals surface area contributed by atoms with Gasteiger partial charge in [0.2, 0.25) is 0 Å². The van der Waals surface area contributed by atoms with Crippen molar-refractivity contribution in [3.05, 3.63) is 109 Å². The standard InChI is InChI=1S/C33H29F4N5O4/c1-17-14-23(42(15-18-4-8-20(45-2)9-5-18)16-19-6-10-21(46-3)11-7-19)39-29(26(17)33(35,36)37)24-22-12-13-38-28(22)25-30(27(24)34)40-32(44)41-31(25)43/h4-11,14,38H,12-13,15-16H2,1-3H3,(H2,40,41,43,44). The number of alkyl halides is 3. The Kier molecular flexibility index (Phi) is 7.92. The summed E-state index contributed by atoms with van der Waals surface area (Å²) in [6, 6.07) is 15.8. The third kappa shape index (κ3) is 5.64. The molecule has 2 aromatic heterocycles. The van der Waals surface area contributed by atoms with Crippen molar-refractivity contribution in [2.45, 2.75) is 32.6 Å². The van der Waals surface area contributed by atoms with Crippen LogP contribution in [0.3, 0.4) is 0 Å². The van der Waals surface area contributed by atoms with Gasteiger partial charge in [-0.25, -0.2) is 14.2 Å². The summed E-state index contributed by atoms with van der Waals surface area (Å²) >= 11 is 0. The minimum Gasteiger partial charge on any atom is -0.497 e. The first-order valence-electron chi connectivity index (χ1n) is 14.3. The summed E-state index contributed by atoms with van der Waals surface area (Å²) in [7, 11) is 3.09. The summed E-state index contributed by atoms with van der Waals surface area (Å²) in [6.45, 7) is 2.05. The lowest BCUT2D eigenvalue weighted by atomic mass is 9.93. The molecule has 9 nitrogen and oxygen atoms in total. The molecule has 3 heterocycles. The molecule has 5 aromatic rings. The molecule has 0 fully saturated rings. The number of halogens is 4. The number of aromatic amines is 2. The Balaban J connectivity index is 1.59. The Morgan fingerprint density at radius 2 is 1.50 bits per heavy atom. The van der Waals surface area contributed by atoms with Crippen molar-refractivity contribution in [2.75, 3.05) is 31.0 Å². The highest BCUT2D eigenvalue weighted by atomic mass is 19.4. The predicted octanol–water partition coefficient (Wildman–Crippen LogP) is 5.94. The molecule has 1 aliphatic rings. The molecule has 238 valence electrons. The first-order valence-corrected chi connectivity index (χ1v) is 14.3. The minimum atomic E-state index is -4.90. The van der Waals surface area contributed by atoms with E-state index < -0.39 is 45.6 Å². The Morgan fingerprint density at radius 1 is 0.913 bits per heavy atom. The summed E-state index contributed by atoms with van der Waals surface area (Å²) < 4.78 is 71.3. The van der Waals surface area contributed by atoms with E-state index in [-0.39, 0.29) is 54.1 Å². The summed E-state index contributed by atoms with van der Waals surface area (Å²) in [6.07, 6.45) is -4.76. The molecule has 0 radical (unpaired) electrons. The average Bonchev–Trinajstić information content (AvgIpc) is 3.49. The fraction of sp³-hybridized carbons (Fsp3) is 0.242. The number of hydrogen-bond acceptors (Lipinski definition) is 7. The van der Waals surface area contributed by atoms with E-state index in [1.54, 1.807) is 43.4 Å². The quantitative estimate of drug-likeness (QED) is 0.181. The van der Waals surface area contributed by atoms with Crippen LogP contribution in [0.2, 0.25) is 0 Å². The molecule has 0 atom stereocenters. The topological polar surface area (TPSA) is 112 Å². The molecule has 46 heavy (non-hydrogen) atoms. The largest absolute Gasteiger partial charge is 0.497 e. The SMILES string of the molecule is COc1ccc(CN(Cc2ccc(OC)cc2)c2cc(C)c(C(F)(F)F)c(-c3c4c(c5c(=O)[nH]c(=O)[nH]c5c3F)NCC4)n2)cc1. The van der Waals surface area contributed by atoms with E-state index in [0.29, 0.717) is 11.5 Å². The summed E-state index contributed by atoms with van der Waals surface area (Å²) in [5.41, 5.74) is -2.66. The number of nitrogens with zero attached hydrogens (tertiary/aromatic N) is 2. The number of aromatic nitrogens is 3. The average molecular weight is 636 g/mol. The highest BCUT2D eigenvalue weighted by Crippen LogP contribution is 2.46. The van der Waals surface area contributed by atoms with Gasteiger partial charge < -0.3 is 24.7 Å². The van der Waals surface area contributed by atoms with E-state index in [4.69, 9.17) is 9.47 Å². The molecule has 0 unspecified atom stereocenters. The van der Waals surface area contributed by atoms with Crippen molar-refractivity contribution in [3.63, 3.8) is 0 Å². The van der Waals surface area contributed by atoms with Crippen LogP contribution in [-0.2, 0) is 25.7 Å². The summed E-state index contributed by atoms with van der Waals surface area (Å²) in [5, 5.41) is 2.82. The van der Waals surface area contributed by atoms with Crippen LogP contribution in [0.5, 0.6) is 11.5 Å². The van der Waals surface area contributed by atoms with E-state index in [2.05, 4.69) is 20.3 Å². The van der Waals surface area contributed by atoms with Crippen LogP contribution in [0.4, 0.5) is 29.1 Å². The van der Waals surface area contributed by atoms with Gasteiger partial charge in [0.25, 0.3) is 5.56 Å². The first kappa shape index (κ1) is 30.7. The molecule has 13 heteroatoms. The number of aryl methyl sites for hydroxylation is 1. The van der Waals surface area contributed by atoms with Crippen LogP contribution in [-0.4, -0.2) is 35.7 Å². The molecule has 0 aliphatic carbocycles. The number of benzene rings is 3. The molecular formula is C33H29F4N5O4. The van der Waals surface area contributed by atoms with Gasteiger partial charge in [-0.3, -0.25) is 9.78 Å². The predicted molar refractivity (Wildman–Crippen MR) is 166 cm³/mol. The Hall–Kier alpha value is -5.33. The third-order valence-corrected chi connectivity index (χ3v) is 8.02. The molecule has 3 aromatic carbocycles. The molecule has 0 bridgehead atoms. The smallest absolute Gasteiger partial charge is 0.418 e. The van der Waals surface area contributed by atoms with Crippen molar-refractivity contribution in [1.82, 2.24) is 15.0 Å². The second-order valence-corrected chi connectivity index (χ2v) is 10.9. The number of ether oxygens (including phenoxy) is 2. The Bertz CT molecular complexity index is 2010. The normalized spacial score (nSPS) is 12.6. The van der Waals surface area contributed by atoms with Gasteiger partial charge in [-0.15, -0.1) is 0 Å². The van der Waals surface area contributed by atoms with E-state index in [9.17, 15) is 22.8 Å². The molecule has 0 amide bonds. The number of anilines is 2. The minimum absolute atomic E-state index is 0.139. The van der Waals surface area contributed by atoms with Crippen molar-refractivity contribution < 1.29 is 27.0 Å². The second kappa shape index (κ2) is 11.9. The van der Waals surface area contributed by atoms with Crippen molar-refractivity contribution in [3.8, 4) is 22.8 Å². The van der Waals surface area contributed by atoms with E-state index in [1.807, 2.05) is 24.3 Å². The van der Waals surface area contributed by atoms with Crippen LogP contribution in [0.1, 0.15) is 27.8 Å². The van der Waals surface area contributed by atoms with E-state index in [1.165, 1.54) is 13.0 Å². The van der Waals surface area contributed by atoms with Gasteiger partial charge in [0.15, 0.2) is 5.82 Å².